The molecule has 1 rings (SSSR count). The van der Waals surface area contributed by atoms with Gasteiger partial charge in [0.05, 0.1) is 6.61 Å². The number of rotatable bonds is 5. The lowest BCUT2D eigenvalue weighted by atomic mass is 9.86. The topological polar surface area (TPSA) is 18.5 Å². The summed E-state index contributed by atoms with van der Waals surface area (Å²) in [6.45, 7) is 10.2. The van der Waals surface area contributed by atoms with Crippen LogP contribution in [0.15, 0.2) is 18.2 Å². The summed E-state index contributed by atoms with van der Waals surface area (Å²) >= 11 is 0. The minimum atomic E-state index is 0.115. The predicted octanol–water partition coefficient (Wildman–Crippen LogP) is 3.71. The molecule has 0 saturated carbocycles. The summed E-state index contributed by atoms with van der Waals surface area (Å²) in [6, 6.07) is 6.43. The standard InChI is InChI=1S/C15H24O2/c1-12-7-8-13(15(2,3)4)14(11-12)17-10-6-9-16-5/h7-8,11H,6,9-10H2,1-5H3. The first-order valence-corrected chi connectivity index (χ1v) is 6.18. The summed E-state index contributed by atoms with van der Waals surface area (Å²) in [5, 5.41) is 0. The van der Waals surface area contributed by atoms with Crippen molar-refractivity contribution >= 4 is 0 Å². The van der Waals surface area contributed by atoms with Gasteiger partial charge >= 0.3 is 0 Å². The maximum absolute atomic E-state index is 5.87. The molecule has 0 N–H and O–H groups in total. The van der Waals surface area contributed by atoms with Gasteiger partial charge in [-0.2, -0.15) is 0 Å². The van der Waals surface area contributed by atoms with E-state index in [1.54, 1.807) is 7.11 Å². The number of methoxy groups -OCH3 is 1. The van der Waals surface area contributed by atoms with Crippen LogP contribution < -0.4 is 4.74 Å². The fraction of sp³-hybridized carbons (Fsp3) is 0.600. The van der Waals surface area contributed by atoms with Crippen molar-refractivity contribution in [1.29, 1.82) is 0 Å². The second-order valence-electron chi connectivity index (χ2n) is 5.44. The van der Waals surface area contributed by atoms with Crippen LogP contribution in [-0.2, 0) is 10.2 Å². The minimum Gasteiger partial charge on any atom is -0.493 e. The first kappa shape index (κ1) is 14.0. The zero-order valence-corrected chi connectivity index (χ0v) is 11.7. The largest absolute Gasteiger partial charge is 0.493 e. The van der Waals surface area contributed by atoms with Gasteiger partial charge in [0, 0.05) is 20.1 Å². The predicted molar refractivity (Wildman–Crippen MR) is 71.9 cm³/mol. The van der Waals surface area contributed by atoms with Gasteiger partial charge in [0.1, 0.15) is 5.75 Å². The summed E-state index contributed by atoms with van der Waals surface area (Å²) in [6.07, 6.45) is 0.925. The van der Waals surface area contributed by atoms with E-state index in [1.165, 1.54) is 11.1 Å². The molecule has 0 bridgehead atoms. The second-order valence-corrected chi connectivity index (χ2v) is 5.44. The molecule has 0 fully saturated rings. The molecule has 0 heterocycles. The SMILES string of the molecule is COCCCOc1cc(C)ccc1C(C)(C)C. The van der Waals surface area contributed by atoms with E-state index in [4.69, 9.17) is 9.47 Å². The van der Waals surface area contributed by atoms with E-state index in [9.17, 15) is 0 Å². The number of ether oxygens (including phenoxy) is 2. The van der Waals surface area contributed by atoms with Crippen LogP contribution in [-0.4, -0.2) is 20.3 Å². The van der Waals surface area contributed by atoms with Crippen LogP contribution in [0.25, 0.3) is 0 Å². The maximum atomic E-state index is 5.87. The quantitative estimate of drug-likeness (QED) is 0.726. The van der Waals surface area contributed by atoms with Gasteiger partial charge in [0.25, 0.3) is 0 Å². The van der Waals surface area contributed by atoms with Gasteiger partial charge in [-0.15, -0.1) is 0 Å². The molecule has 1 aromatic rings. The van der Waals surface area contributed by atoms with Gasteiger partial charge in [0.2, 0.25) is 0 Å². The normalized spacial score (nSPS) is 11.6. The summed E-state index contributed by atoms with van der Waals surface area (Å²) in [7, 11) is 1.72. The lowest BCUT2D eigenvalue weighted by Crippen LogP contribution is -2.14. The molecule has 2 nitrogen and oxygen atoms in total. The third kappa shape index (κ3) is 4.39. The van der Waals surface area contributed by atoms with Crippen LogP contribution in [0.2, 0.25) is 0 Å². The van der Waals surface area contributed by atoms with Gasteiger partial charge in [-0.25, -0.2) is 0 Å². The van der Waals surface area contributed by atoms with Crippen LogP contribution in [0, 0.1) is 6.92 Å². The third-order valence-electron chi connectivity index (χ3n) is 2.70. The Labute approximate surface area is 105 Å². The first-order chi connectivity index (χ1) is 7.95. The molecule has 0 aliphatic carbocycles. The molecule has 0 aliphatic heterocycles. The molecule has 0 atom stereocenters. The highest BCUT2D eigenvalue weighted by molar-refractivity contribution is 5.41. The molecule has 0 unspecified atom stereocenters. The van der Waals surface area contributed by atoms with Crippen LogP contribution in [0.5, 0.6) is 5.75 Å². The average molecular weight is 236 g/mol. The lowest BCUT2D eigenvalue weighted by molar-refractivity contribution is 0.171. The smallest absolute Gasteiger partial charge is 0.123 e. The summed E-state index contributed by atoms with van der Waals surface area (Å²) in [5.41, 5.74) is 2.62. The molecular formula is C15H24O2. The van der Waals surface area contributed by atoms with Crippen molar-refractivity contribution in [3.05, 3.63) is 29.3 Å². The van der Waals surface area contributed by atoms with Gasteiger partial charge < -0.3 is 9.47 Å². The monoisotopic (exact) mass is 236 g/mol. The Morgan fingerprint density at radius 3 is 2.41 bits per heavy atom. The Kier molecular flexibility index (Phi) is 5.01. The summed E-state index contributed by atoms with van der Waals surface area (Å²) < 4.78 is 10.9. The second kappa shape index (κ2) is 6.06. The molecule has 0 amide bonds. The van der Waals surface area contributed by atoms with E-state index in [2.05, 4.69) is 45.9 Å². The minimum absolute atomic E-state index is 0.115. The molecule has 0 radical (unpaired) electrons. The average Bonchev–Trinajstić information content (AvgIpc) is 2.23. The fourth-order valence-corrected chi connectivity index (χ4v) is 1.75. The van der Waals surface area contributed by atoms with E-state index in [0.29, 0.717) is 6.61 Å². The van der Waals surface area contributed by atoms with Gasteiger partial charge in [-0.1, -0.05) is 32.9 Å². The molecule has 0 aromatic heterocycles. The van der Waals surface area contributed by atoms with E-state index >= 15 is 0 Å². The van der Waals surface area contributed by atoms with E-state index in [1.807, 2.05) is 0 Å². The molecule has 17 heavy (non-hydrogen) atoms. The Morgan fingerprint density at radius 1 is 1.12 bits per heavy atom. The van der Waals surface area contributed by atoms with Crippen molar-refractivity contribution in [2.45, 2.75) is 39.5 Å². The Bertz CT molecular complexity index is 350. The van der Waals surface area contributed by atoms with Crippen molar-refractivity contribution in [2.24, 2.45) is 0 Å². The van der Waals surface area contributed by atoms with Gasteiger partial charge in [-0.3, -0.25) is 0 Å². The molecular weight excluding hydrogens is 212 g/mol. The number of hydrogen-bond acceptors (Lipinski definition) is 2. The van der Waals surface area contributed by atoms with Gasteiger partial charge in [0.15, 0.2) is 0 Å². The van der Waals surface area contributed by atoms with Gasteiger partial charge in [-0.05, 0) is 29.5 Å². The lowest BCUT2D eigenvalue weighted by Gasteiger charge is -2.23. The number of aryl methyl sites for hydroxylation is 1. The zero-order chi connectivity index (χ0) is 12.9. The molecule has 96 valence electrons. The van der Waals surface area contributed by atoms with E-state index < -0.39 is 0 Å². The molecule has 0 saturated heterocycles. The Morgan fingerprint density at radius 2 is 1.82 bits per heavy atom. The fourth-order valence-electron chi connectivity index (χ4n) is 1.75. The third-order valence-corrected chi connectivity index (χ3v) is 2.70. The highest BCUT2D eigenvalue weighted by Gasteiger charge is 2.18. The van der Waals surface area contributed by atoms with Crippen molar-refractivity contribution < 1.29 is 9.47 Å². The van der Waals surface area contributed by atoms with Crippen LogP contribution in [0.1, 0.15) is 38.3 Å². The van der Waals surface area contributed by atoms with E-state index in [0.717, 1.165) is 18.8 Å². The van der Waals surface area contributed by atoms with Crippen molar-refractivity contribution in [3.63, 3.8) is 0 Å². The number of benzene rings is 1. The van der Waals surface area contributed by atoms with Crippen molar-refractivity contribution in [3.8, 4) is 5.75 Å². The van der Waals surface area contributed by atoms with Crippen LogP contribution >= 0.6 is 0 Å². The first-order valence-electron chi connectivity index (χ1n) is 6.18. The zero-order valence-electron chi connectivity index (χ0n) is 11.7. The summed E-state index contributed by atoms with van der Waals surface area (Å²) in [5.74, 6) is 1.01. The highest BCUT2D eigenvalue weighted by atomic mass is 16.5. The molecule has 0 spiro atoms. The van der Waals surface area contributed by atoms with Crippen molar-refractivity contribution in [1.82, 2.24) is 0 Å². The van der Waals surface area contributed by atoms with Crippen LogP contribution in [0.3, 0.4) is 0 Å². The van der Waals surface area contributed by atoms with E-state index in [-0.39, 0.29) is 5.41 Å². The maximum Gasteiger partial charge on any atom is 0.123 e. The Balaban J connectivity index is 2.77. The molecule has 2 heteroatoms. The number of hydrogen-bond donors (Lipinski definition) is 0. The molecule has 0 aliphatic rings. The highest BCUT2D eigenvalue weighted by Crippen LogP contribution is 2.32. The summed E-state index contributed by atoms with van der Waals surface area (Å²) in [4.78, 5) is 0. The Hall–Kier alpha value is -1.02. The molecule has 1 aromatic carbocycles. The van der Waals surface area contributed by atoms with Crippen LogP contribution in [0.4, 0.5) is 0 Å². The van der Waals surface area contributed by atoms with Crippen molar-refractivity contribution in [2.75, 3.05) is 20.3 Å².